The van der Waals surface area contributed by atoms with Gasteiger partial charge in [0.25, 0.3) is 0 Å². The van der Waals surface area contributed by atoms with Crippen LogP contribution in [0.3, 0.4) is 0 Å². The SMILES string of the molecule is C[C@@H](Sc1nnc([C@H](C)[NH+](C)C)n1-c1ccc(F)cc1)C(=O)NC(N)=O. The first kappa shape index (κ1) is 19.9. The van der Waals surface area contributed by atoms with Gasteiger partial charge in [0.2, 0.25) is 5.91 Å². The van der Waals surface area contributed by atoms with E-state index < -0.39 is 17.2 Å². The first-order valence-electron chi connectivity index (χ1n) is 7.99. The number of carbonyl (C=O) groups is 2. The van der Waals surface area contributed by atoms with Gasteiger partial charge in [-0.1, -0.05) is 11.8 Å². The van der Waals surface area contributed by atoms with E-state index in [2.05, 4.69) is 10.2 Å². The van der Waals surface area contributed by atoms with E-state index in [-0.39, 0.29) is 11.9 Å². The number of aromatic nitrogens is 3. The van der Waals surface area contributed by atoms with E-state index >= 15 is 0 Å². The Balaban J connectivity index is 2.41. The number of rotatable bonds is 6. The number of primary amides is 1. The van der Waals surface area contributed by atoms with Crippen LogP contribution in [0.2, 0.25) is 0 Å². The lowest BCUT2D eigenvalue weighted by molar-refractivity contribution is -0.890. The number of urea groups is 1. The predicted octanol–water partition coefficient (Wildman–Crippen LogP) is 0.287. The Morgan fingerprint density at radius 3 is 2.38 bits per heavy atom. The molecule has 0 fully saturated rings. The number of nitrogens with two attached hydrogens (primary N) is 1. The molecule has 2 aromatic rings. The molecule has 0 radical (unpaired) electrons. The Bertz CT molecular complexity index is 793. The van der Waals surface area contributed by atoms with Gasteiger partial charge in [-0.05, 0) is 38.1 Å². The van der Waals surface area contributed by atoms with Crippen molar-refractivity contribution in [1.82, 2.24) is 20.1 Å². The molecule has 4 N–H and O–H groups in total. The molecule has 10 heteroatoms. The average molecular weight is 381 g/mol. The Morgan fingerprint density at radius 1 is 1.23 bits per heavy atom. The molecule has 2 atom stereocenters. The van der Waals surface area contributed by atoms with Crippen LogP contribution in [-0.4, -0.2) is 46.0 Å². The highest BCUT2D eigenvalue weighted by Gasteiger charge is 2.26. The van der Waals surface area contributed by atoms with Gasteiger partial charge in [-0.2, -0.15) is 0 Å². The molecule has 0 aliphatic rings. The fourth-order valence-electron chi connectivity index (χ4n) is 2.16. The number of nitrogens with zero attached hydrogens (tertiary/aromatic N) is 3. The number of amides is 3. The summed E-state index contributed by atoms with van der Waals surface area (Å²) >= 11 is 1.14. The molecule has 8 nitrogen and oxygen atoms in total. The van der Waals surface area contributed by atoms with Gasteiger partial charge in [0.05, 0.1) is 19.3 Å². The topological polar surface area (TPSA) is 107 Å². The van der Waals surface area contributed by atoms with Crippen LogP contribution in [-0.2, 0) is 4.79 Å². The van der Waals surface area contributed by atoms with Crippen LogP contribution in [0, 0.1) is 5.82 Å². The molecule has 0 saturated heterocycles. The lowest BCUT2D eigenvalue weighted by atomic mass is 10.2. The average Bonchev–Trinajstić information content (AvgIpc) is 2.97. The summed E-state index contributed by atoms with van der Waals surface area (Å²) in [5.74, 6) is -0.191. The molecule has 2 rings (SSSR count). The third kappa shape index (κ3) is 4.58. The summed E-state index contributed by atoms with van der Waals surface area (Å²) < 4.78 is 15.1. The Morgan fingerprint density at radius 2 is 1.85 bits per heavy atom. The number of quaternary nitrogens is 1. The normalized spacial score (nSPS) is 13.5. The molecule has 0 unspecified atom stereocenters. The summed E-state index contributed by atoms with van der Waals surface area (Å²) in [5.41, 5.74) is 5.67. The third-order valence-corrected chi connectivity index (χ3v) is 4.94. The fraction of sp³-hybridized carbons (Fsp3) is 0.375. The second-order valence-corrected chi connectivity index (χ2v) is 7.37. The van der Waals surface area contributed by atoms with Crippen molar-refractivity contribution in [1.29, 1.82) is 0 Å². The van der Waals surface area contributed by atoms with Crippen LogP contribution in [0.25, 0.3) is 5.69 Å². The second-order valence-electron chi connectivity index (χ2n) is 6.07. The molecule has 26 heavy (non-hydrogen) atoms. The summed E-state index contributed by atoms with van der Waals surface area (Å²) in [6.07, 6.45) is 0. The van der Waals surface area contributed by atoms with Gasteiger partial charge < -0.3 is 10.6 Å². The minimum absolute atomic E-state index is 0.0108. The predicted molar refractivity (Wildman–Crippen MR) is 95.6 cm³/mol. The van der Waals surface area contributed by atoms with Gasteiger partial charge in [0.15, 0.2) is 11.0 Å². The molecular formula is C16H22FN6O2S+. The van der Waals surface area contributed by atoms with Crippen molar-refractivity contribution in [2.75, 3.05) is 14.1 Å². The lowest BCUT2D eigenvalue weighted by Gasteiger charge is -2.18. The molecule has 0 saturated carbocycles. The van der Waals surface area contributed by atoms with E-state index in [1.54, 1.807) is 23.6 Å². The van der Waals surface area contributed by atoms with Gasteiger partial charge >= 0.3 is 6.03 Å². The number of carbonyl (C=O) groups excluding carboxylic acids is 2. The zero-order valence-corrected chi connectivity index (χ0v) is 15.8. The largest absolute Gasteiger partial charge is 0.351 e. The number of nitrogens with one attached hydrogen (secondary N) is 2. The van der Waals surface area contributed by atoms with Gasteiger partial charge in [0, 0.05) is 5.69 Å². The third-order valence-electron chi connectivity index (χ3n) is 3.89. The molecule has 1 aromatic heterocycles. The van der Waals surface area contributed by atoms with E-state index in [0.717, 1.165) is 16.7 Å². The molecule has 0 spiro atoms. The molecule has 1 aromatic carbocycles. The Hall–Kier alpha value is -2.46. The van der Waals surface area contributed by atoms with Crippen molar-refractivity contribution < 1.29 is 18.9 Å². The summed E-state index contributed by atoms with van der Waals surface area (Å²) in [6, 6.07) is 5.05. The highest BCUT2D eigenvalue weighted by Crippen LogP contribution is 2.27. The van der Waals surface area contributed by atoms with Crippen molar-refractivity contribution >= 4 is 23.7 Å². The maximum absolute atomic E-state index is 13.3. The molecule has 1 heterocycles. The highest BCUT2D eigenvalue weighted by molar-refractivity contribution is 8.00. The Labute approximate surface area is 154 Å². The van der Waals surface area contributed by atoms with Gasteiger partial charge in [0.1, 0.15) is 11.9 Å². The monoisotopic (exact) mass is 381 g/mol. The molecule has 140 valence electrons. The first-order chi connectivity index (χ1) is 12.2. The van der Waals surface area contributed by atoms with E-state index in [4.69, 9.17) is 5.73 Å². The van der Waals surface area contributed by atoms with Crippen LogP contribution in [0.15, 0.2) is 29.4 Å². The lowest BCUT2D eigenvalue weighted by Crippen LogP contribution is -3.05. The minimum atomic E-state index is -0.909. The highest BCUT2D eigenvalue weighted by atomic mass is 32.2. The zero-order valence-electron chi connectivity index (χ0n) is 15.0. The molecule has 3 amide bonds. The second kappa shape index (κ2) is 8.28. The van der Waals surface area contributed by atoms with Gasteiger partial charge in [-0.15, -0.1) is 10.2 Å². The van der Waals surface area contributed by atoms with E-state index in [1.165, 1.54) is 12.1 Å². The maximum Gasteiger partial charge on any atom is 0.318 e. The maximum atomic E-state index is 13.3. The van der Waals surface area contributed by atoms with Gasteiger partial charge in [-0.25, -0.2) is 9.18 Å². The summed E-state index contributed by atoms with van der Waals surface area (Å²) in [7, 11) is 3.98. The van der Waals surface area contributed by atoms with Crippen LogP contribution in [0.4, 0.5) is 9.18 Å². The number of hydrogen-bond donors (Lipinski definition) is 3. The fourth-order valence-corrected chi connectivity index (χ4v) is 3.04. The molecule has 0 bridgehead atoms. The first-order valence-corrected chi connectivity index (χ1v) is 8.87. The van der Waals surface area contributed by atoms with Crippen molar-refractivity contribution in [3.05, 3.63) is 35.9 Å². The number of imide groups is 1. The summed E-state index contributed by atoms with van der Waals surface area (Å²) in [6.45, 7) is 3.63. The number of benzene rings is 1. The smallest absolute Gasteiger partial charge is 0.318 e. The number of halogens is 1. The quantitative estimate of drug-likeness (QED) is 0.624. The van der Waals surface area contributed by atoms with Crippen molar-refractivity contribution in [2.24, 2.45) is 5.73 Å². The van der Waals surface area contributed by atoms with Crippen LogP contribution < -0.4 is 16.0 Å². The van der Waals surface area contributed by atoms with Crippen LogP contribution in [0.5, 0.6) is 0 Å². The Kier molecular flexibility index (Phi) is 6.32. The summed E-state index contributed by atoms with van der Waals surface area (Å²) in [4.78, 5) is 24.0. The van der Waals surface area contributed by atoms with Crippen molar-refractivity contribution in [3.8, 4) is 5.69 Å². The van der Waals surface area contributed by atoms with Gasteiger partial charge in [-0.3, -0.25) is 14.7 Å². The van der Waals surface area contributed by atoms with Crippen molar-refractivity contribution in [2.45, 2.75) is 30.3 Å². The summed E-state index contributed by atoms with van der Waals surface area (Å²) in [5, 5.41) is 10.3. The molecule has 0 aliphatic heterocycles. The molecule has 0 aliphatic carbocycles. The minimum Gasteiger partial charge on any atom is -0.351 e. The molecular weight excluding hydrogens is 359 g/mol. The van der Waals surface area contributed by atoms with E-state index in [9.17, 15) is 14.0 Å². The van der Waals surface area contributed by atoms with E-state index in [1.807, 2.05) is 26.3 Å². The zero-order chi connectivity index (χ0) is 19.4. The standard InChI is InChI=1S/C16H21FN6O2S/c1-9(22(3)4)13-20-21-16(26-10(2)14(24)19-15(18)25)23(13)12-7-5-11(17)6-8-12/h5-10H,1-4H3,(H3,18,19,24,25)/p+1/t9-,10+/m0/s1. The van der Waals surface area contributed by atoms with Crippen LogP contribution >= 0.6 is 11.8 Å². The number of thioether (sulfide) groups is 1. The number of hydrogen-bond acceptors (Lipinski definition) is 5. The van der Waals surface area contributed by atoms with Crippen molar-refractivity contribution in [3.63, 3.8) is 0 Å². The van der Waals surface area contributed by atoms with E-state index in [0.29, 0.717) is 16.7 Å². The van der Waals surface area contributed by atoms with Crippen LogP contribution in [0.1, 0.15) is 25.7 Å².